The highest BCUT2D eigenvalue weighted by atomic mass is 16.5. The number of aromatic amines is 1. The molecule has 1 aromatic heterocycles. The normalized spacial score (nSPS) is 11.0. The molecule has 0 saturated carbocycles. The Morgan fingerprint density at radius 2 is 1.93 bits per heavy atom. The molecule has 0 spiro atoms. The molecule has 5 heteroatoms. The summed E-state index contributed by atoms with van der Waals surface area (Å²) in [6.45, 7) is 4.08. The minimum atomic E-state index is -0.426. The van der Waals surface area contributed by atoms with Crippen LogP contribution in [0.15, 0.2) is 54.7 Å². The molecular formula is C22H22N2O3. The van der Waals surface area contributed by atoms with Crippen molar-refractivity contribution in [1.29, 1.82) is 0 Å². The van der Waals surface area contributed by atoms with E-state index in [0.717, 1.165) is 22.0 Å². The summed E-state index contributed by atoms with van der Waals surface area (Å²) >= 11 is 0. The summed E-state index contributed by atoms with van der Waals surface area (Å²) < 4.78 is 5.43. The first kappa shape index (κ1) is 18.5. The van der Waals surface area contributed by atoms with Crippen LogP contribution in [0.1, 0.15) is 23.6 Å². The molecule has 5 nitrogen and oxygen atoms in total. The number of aryl methyl sites for hydroxylation is 1. The van der Waals surface area contributed by atoms with E-state index in [1.54, 1.807) is 12.1 Å². The van der Waals surface area contributed by atoms with Gasteiger partial charge in [0.1, 0.15) is 5.75 Å². The van der Waals surface area contributed by atoms with Gasteiger partial charge in [-0.25, -0.2) is 4.79 Å². The van der Waals surface area contributed by atoms with E-state index in [0.29, 0.717) is 18.7 Å². The zero-order valence-corrected chi connectivity index (χ0v) is 15.4. The van der Waals surface area contributed by atoms with Crippen molar-refractivity contribution in [2.45, 2.75) is 20.3 Å². The van der Waals surface area contributed by atoms with Gasteiger partial charge in [0, 0.05) is 36.6 Å². The Morgan fingerprint density at radius 3 is 2.67 bits per heavy atom. The number of esters is 1. The summed E-state index contributed by atoms with van der Waals surface area (Å²) in [5, 5.41) is 3.76. The van der Waals surface area contributed by atoms with Crippen LogP contribution in [0.25, 0.3) is 17.0 Å². The number of carbonyl (C=O) groups is 2. The van der Waals surface area contributed by atoms with Crippen molar-refractivity contribution in [2.24, 2.45) is 0 Å². The molecule has 3 aromatic rings. The number of nitrogens with one attached hydrogen (secondary N) is 2. The number of amides is 1. The molecule has 0 bridgehead atoms. The number of fused-ring (bicyclic) bond motifs is 1. The Bertz CT molecular complexity index is 984. The minimum absolute atomic E-state index is 0.0511. The third-order valence-corrected chi connectivity index (χ3v) is 4.21. The molecule has 0 aliphatic heterocycles. The lowest BCUT2D eigenvalue weighted by molar-refractivity contribution is -0.128. The molecule has 0 atom stereocenters. The highest BCUT2D eigenvalue weighted by Crippen LogP contribution is 2.24. The fourth-order valence-corrected chi connectivity index (χ4v) is 2.79. The van der Waals surface area contributed by atoms with Gasteiger partial charge in [0.15, 0.2) is 0 Å². The third-order valence-electron chi connectivity index (χ3n) is 4.21. The van der Waals surface area contributed by atoms with Crippen LogP contribution < -0.4 is 10.1 Å². The van der Waals surface area contributed by atoms with Crippen molar-refractivity contribution in [2.75, 3.05) is 6.54 Å². The van der Waals surface area contributed by atoms with Gasteiger partial charge in [0.25, 0.3) is 0 Å². The van der Waals surface area contributed by atoms with E-state index < -0.39 is 5.97 Å². The molecule has 2 aromatic carbocycles. The van der Waals surface area contributed by atoms with E-state index in [1.165, 1.54) is 18.6 Å². The van der Waals surface area contributed by atoms with Crippen molar-refractivity contribution in [3.05, 3.63) is 71.4 Å². The standard InChI is InChI=1S/C22H22N2O3/c1-15-3-5-17(6-4-15)7-10-22(26)27-19-8-9-21-20(13-19)18(14-24-21)11-12-23-16(2)25/h3-10,13-14,24H,11-12H2,1-2H3,(H,23,25)/b10-7+. The Kier molecular flexibility index (Phi) is 5.71. The summed E-state index contributed by atoms with van der Waals surface area (Å²) in [5.74, 6) is 0.0107. The third kappa shape index (κ3) is 5.07. The van der Waals surface area contributed by atoms with E-state index in [1.807, 2.05) is 49.5 Å². The SMILES string of the molecule is CC(=O)NCCc1c[nH]c2ccc(OC(=O)/C=C/c3ccc(C)cc3)cc12. The zero-order chi connectivity index (χ0) is 19.2. The molecule has 0 radical (unpaired) electrons. The van der Waals surface area contributed by atoms with Crippen LogP contribution in [0.2, 0.25) is 0 Å². The van der Waals surface area contributed by atoms with Gasteiger partial charge in [-0.05, 0) is 48.7 Å². The largest absolute Gasteiger partial charge is 0.423 e. The van der Waals surface area contributed by atoms with Crippen LogP contribution >= 0.6 is 0 Å². The maximum absolute atomic E-state index is 12.1. The lowest BCUT2D eigenvalue weighted by atomic mass is 10.1. The van der Waals surface area contributed by atoms with Gasteiger partial charge in [-0.2, -0.15) is 0 Å². The number of carbonyl (C=O) groups excluding carboxylic acids is 2. The molecule has 2 N–H and O–H groups in total. The van der Waals surface area contributed by atoms with Crippen LogP contribution in [0.3, 0.4) is 0 Å². The average Bonchev–Trinajstić information content (AvgIpc) is 3.03. The van der Waals surface area contributed by atoms with Crippen molar-refractivity contribution in [1.82, 2.24) is 10.3 Å². The summed E-state index contributed by atoms with van der Waals surface area (Å²) in [4.78, 5) is 26.3. The number of ether oxygens (including phenoxy) is 1. The van der Waals surface area contributed by atoms with Gasteiger partial charge in [0.2, 0.25) is 5.91 Å². The summed E-state index contributed by atoms with van der Waals surface area (Å²) in [5.41, 5.74) is 4.14. The van der Waals surface area contributed by atoms with E-state index >= 15 is 0 Å². The molecular weight excluding hydrogens is 340 g/mol. The van der Waals surface area contributed by atoms with E-state index in [2.05, 4.69) is 10.3 Å². The van der Waals surface area contributed by atoms with Gasteiger partial charge in [-0.3, -0.25) is 4.79 Å². The summed E-state index contributed by atoms with van der Waals surface area (Å²) in [6.07, 6.45) is 5.76. The maximum atomic E-state index is 12.1. The maximum Gasteiger partial charge on any atom is 0.336 e. The first-order chi connectivity index (χ1) is 13.0. The second kappa shape index (κ2) is 8.36. The number of rotatable bonds is 6. The van der Waals surface area contributed by atoms with Gasteiger partial charge in [-0.1, -0.05) is 29.8 Å². The van der Waals surface area contributed by atoms with Crippen LogP contribution in [-0.2, 0) is 16.0 Å². The molecule has 27 heavy (non-hydrogen) atoms. The molecule has 1 amide bonds. The summed E-state index contributed by atoms with van der Waals surface area (Å²) in [6, 6.07) is 13.4. The fourth-order valence-electron chi connectivity index (χ4n) is 2.79. The first-order valence-corrected chi connectivity index (χ1v) is 8.82. The predicted molar refractivity (Wildman–Crippen MR) is 107 cm³/mol. The highest BCUT2D eigenvalue weighted by molar-refractivity contribution is 5.90. The Morgan fingerprint density at radius 1 is 1.15 bits per heavy atom. The molecule has 138 valence electrons. The minimum Gasteiger partial charge on any atom is -0.423 e. The molecule has 1 heterocycles. The van der Waals surface area contributed by atoms with Crippen molar-refractivity contribution in [3.63, 3.8) is 0 Å². The fraction of sp³-hybridized carbons (Fsp3) is 0.182. The van der Waals surface area contributed by atoms with E-state index in [4.69, 9.17) is 4.74 Å². The van der Waals surface area contributed by atoms with Crippen LogP contribution in [0, 0.1) is 6.92 Å². The first-order valence-electron chi connectivity index (χ1n) is 8.82. The molecule has 0 saturated heterocycles. The molecule has 0 aliphatic carbocycles. The number of aromatic nitrogens is 1. The van der Waals surface area contributed by atoms with Crippen molar-refractivity contribution < 1.29 is 14.3 Å². The van der Waals surface area contributed by atoms with Crippen molar-refractivity contribution in [3.8, 4) is 5.75 Å². The smallest absolute Gasteiger partial charge is 0.336 e. The lowest BCUT2D eigenvalue weighted by Gasteiger charge is -2.04. The van der Waals surface area contributed by atoms with Crippen molar-refractivity contribution >= 4 is 28.9 Å². The van der Waals surface area contributed by atoms with Crippen LogP contribution in [-0.4, -0.2) is 23.4 Å². The zero-order valence-electron chi connectivity index (χ0n) is 15.4. The topological polar surface area (TPSA) is 71.2 Å². The van der Waals surface area contributed by atoms with E-state index in [9.17, 15) is 9.59 Å². The average molecular weight is 362 g/mol. The van der Waals surface area contributed by atoms with Crippen LogP contribution in [0.5, 0.6) is 5.75 Å². The highest BCUT2D eigenvalue weighted by Gasteiger charge is 2.07. The molecule has 3 rings (SSSR count). The molecule has 0 aliphatic rings. The monoisotopic (exact) mass is 362 g/mol. The number of H-pyrrole nitrogens is 1. The van der Waals surface area contributed by atoms with Gasteiger partial charge >= 0.3 is 5.97 Å². The molecule has 0 unspecified atom stereocenters. The van der Waals surface area contributed by atoms with Gasteiger partial charge < -0.3 is 15.0 Å². The summed E-state index contributed by atoms with van der Waals surface area (Å²) in [7, 11) is 0. The Balaban J connectivity index is 1.68. The quantitative estimate of drug-likeness (QED) is 0.398. The van der Waals surface area contributed by atoms with Crippen LogP contribution in [0.4, 0.5) is 0 Å². The Labute approximate surface area is 158 Å². The molecule has 0 fully saturated rings. The number of hydrogen-bond donors (Lipinski definition) is 2. The van der Waals surface area contributed by atoms with Gasteiger partial charge in [0.05, 0.1) is 0 Å². The number of benzene rings is 2. The van der Waals surface area contributed by atoms with E-state index in [-0.39, 0.29) is 5.91 Å². The number of hydrogen-bond acceptors (Lipinski definition) is 3. The van der Waals surface area contributed by atoms with Gasteiger partial charge in [-0.15, -0.1) is 0 Å². The second-order valence-electron chi connectivity index (χ2n) is 6.42. The lowest BCUT2D eigenvalue weighted by Crippen LogP contribution is -2.22. The second-order valence-corrected chi connectivity index (χ2v) is 6.42. The predicted octanol–water partition coefficient (Wildman–Crippen LogP) is 3.77. The Hall–Kier alpha value is -3.34.